The number of hydrogen-bond donors (Lipinski definition) is 2. The van der Waals surface area contributed by atoms with E-state index < -0.39 is 16.2 Å². The van der Waals surface area contributed by atoms with E-state index in [1.54, 1.807) is 12.1 Å². The van der Waals surface area contributed by atoms with E-state index in [0.717, 1.165) is 41.4 Å². The summed E-state index contributed by atoms with van der Waals surface area (Å²) in [4.78, 5) is 16.5. The minimum absolute atomic E-state index is 0.00387. The Morgan fingerprint density at radius 3 is 2.97 bits per heavy atom. The van der Waals surface area contributed by atoms with Crippen molar-refractivity contribution in [1.82, 2.24) is 20.1 Å². The molecule has 4 rings (SSSR count). The molecule has 0 bridgehead atoms. The molecule has 0 aliphatic carbocycles. The van der Waals surface area contributed by atoms with E-state index in [4.69, 9.17) is 14.6 Å². The highest BCUT2D eigenvalue weighted by molar-refractivity contribution is 7.85. The van der Waals surface area contributed by atoms with Gasteiger partial charge in [0.25, 0.3) is 10.1 Å². The standard InChI is InChI=1S/C22H28N4O7S2/c1-35(29,30)33-11-4-9-23-22(28)32-12-8-19-24-17(14-34-19)21-16-13-15(27)6-7-18(16)26(25-21)20-5-2-3-10-31-20/h6-7,13-14,20,27H,2-5,8-12H2,1H3,(H,23,28). The summed E-state index contributed by atoms with van der Waals surface area (Å²) in [6, 6.07) is 5.16. The minimum Gasteiger partial charge on any atom is -0.508 e. The third-order valence-electron chi connectivity index (χ3n) is 5.35. The first-order chi connectivity index (χ1) is 16.8. The van der Waals surface area contributed by atoms with Gasteiger partial charge in [-0.3, -0.25) is 4.18 Å². The van der Waals surface area contributed by atoms with Gasteiger partial charge in [0.15, 0.2) is 6.23 Å². The topological polar surface area (TPSA) is 142 Å². The van der Waals surface area contributed by atoms with Crippen LogP contribution in [-0.4, -0.2) is 67.0 Å². The third-order valence-corrected chi connectivity index (χ3v) is 6.85. The molecule has 1 fully saturated rings. The summed E-state index contributed by atoms with van der Waals surface area (Å²) in [6.07, 6.45) is 4.01. The lowest BCUT2D eigenvalue weighted by Crippen LogP contribution is -2.27. The molecule has 1 aromatic carbocycles. The number of aromatic nitrogens is 3. The molecule has 1 aliphatic heterocycles. The fourth-order valence-corrected chi connectivity index (χ4v) is 4.93. The van der Waals surface area contributed by atoms with Crippen LogP contribution in [-0.2, 0) is 30.2 Å². The average Bonchev–Trinajstić information content (AvgIpc) is 3.43. The average molecular weight is 525 g/mol. The molecule has 2 aromatic heterocycles. The molecule has 0 saturated carbocycles. The van der Waals surface area contributed by atoms with Crippen molar-refractivity contribution >= 4 is 38.5 Å². The second-order valence-electron chi connectivity index (χ2n) is 8.13. The number of phenolic OH excluding ortho intramolecular Hbond substituents is 1. The van der Waals surface area contributed by atoms with Crippen molar-refractivity contribution in [3.05, 3.63) is 28.6 Å². The molecule has 1 unspecified atom stereocenters. The van der Waals surface area contributed by atoms with E-state index >= 15 is 0 Å². The van der Waals surface area contributed by atoms with Crippen molar-refractivity contribution in [2.24, 2.45) is 0 Å². The highest BCUT2D eigenvalue weighted by Gasteiger charge is 2.23. The lowest BCUT2D eigenvalue weighted by Gasteiger charge is -2.23. The zero-order chi connectivity index (χ0) is 24.8. The fraction of sp³-hybridized carbons (Fsp3) is 0.500. The maximum Gasteiger partial charge on any atom is 0.407 e. The van der Waals surface area contributed by atoms with E-state index in [2.05, 4.69) is 14.5 Å². The van der Waals surface area contributed by atoms with E-state index in [1.165, 1.54) is 11.3 Å². The SMILES string of the molecule is CS(=O)(=O)OCCCNC(=O)OCCc1nc(-c2nn(C3CCCCO3)c3ccc(O)cc23)cs1. The molecule has 1 amide bonds. The summed E-state index contributed by atoms with van der Waals surface area (Å²) in [5.74, 6) is 0.153. The Kier molecular flexibility index (Phi) is 8.21. The summed E-state index contributed by atoms with van der Waals surface area (Å²) in [5.41, 5.74) is 2.23. The van der Waals surface area contributed by atoms with Crippen molar-refractivity contribution in [2.45, 2.75) is 38.3 Å². The number of rotatable bonds is 10. The highest BCUT2D eigenvalue weighted by atomic mass is 32.2. The van der Waals surface area contributed by atoms with E-state index in [-0.39, 0.29) is 31.7 Å². The summed E-state index contributed by atoms with van der Waals surface area (Å²) in [5, 5.41) is 20.9. The Morgan fingerprint density at radius 1 is 1.34 bits per heavy atom. The number of thiazole rings is 1. The molecule has 11 nitrogen and oxygen atoms in total. The maximum absolute atomic E-state index is 11.8. The number of carbonyl (C=O) groups is 1. The van der Waals surface area contributed by atoms with Crippen LogP contribution < -0.4 is 5.32 Å². The third kappa shape index (κ3) is 6.90. The van der Waals surface area contributed by atoms with Crippen LogP contribution in [0.2, 0.25) is 0 Å². The summed E-state index contributed by atoms with van der Waals surface area (Å²) < 4.78 is 39.3. The normalized spacial score (nSPS) is 16.4. The molecular weight excluding hydrogens is 496 g/mol. The number of benzene rings is 1. The van der Waals surface area contributed by atoms with Gasteiger partial charge in [0.2, 0.25) is 0 Å². The maximum atomic E-state index is 11.8. The zero-order valence-corrected chi connectivity index (χ0v) is 20.9. The van der Waals surface area contributed by atoms with Gasteiger partial charge < -0.3 is 19.9 Å². The van der Waals surface area contributed by atoms with Crippen LogP contribution in [0.1, 0.15) is 36.9 Å². The number of fused-ring (bicyclic) bond motifs is 1. The number of hydrogen-bond acceptors (Lipinski definition) is 10. The van der Waals surface area contributed by atoms with Gasteiger partial charge in [-0.05, 0) is 43.9 Å². The second-order valence-corrected chi connectivity index (χ2v) is 10.7. The van der Waals surface area contributed by atoms with Crippen LogP contribution in [0.5, 0.6) is 5.75 Å². The number of amides is 1. The van der Waals surface area contributed by atoms with Crippen LogP contribution in [0.3, 0.4) is 0 Å². The first-order valence-electron chi connectivity index (χ1n) is 11.3. The Hall–Kier alpha value is -2.74. The lowest BCUT2D eigenvalue weighted by atomic mass is 10.1. The molecule has 3 heterocycles. The molecule has 1 atom stereocenters. The minimum atomic E-state index is -3.48. The van der Waals surface area contributed by atoms with Crippen molar-refractivity contribution in [3.8, 4) is 17.1 Å². The van der Waals surface area contributed by atoms with Crippen LogP contribution >= 0.6 is 11.3 Å². The van der Waals surface area contributed by atoms with E-state index in [9.17, 15) is 18.3 Å². The monoisotopic (exact) mass is 524 g/mol. The molecule has 0 radical (unpaired) electrons. The molecule has 35 heavy (non-hydrogen) atoms. The van der Waals surface area contributed by atoms with Crippen LogP contribution in [0, 0.1) is 0 Å². The van der Waals surface area contributed by atoms with Gasteiger partial charge in [0.05, 0.1) is 30.0 Å². The van der Waals surface area contributed by atoms with E-state index in [0.29, 0.717) is 30.8 Å². The van der Waals surface area contributed by atoms with Gasteiger partial charge in [-0.25, -0.2) is 14.5 Å². The van der Waals surface area contributed by atoms with Gasteiger partial charge in [0.1, 0.15) is 17.1 Å². The van der Waals surface area contributed by atoms with Gasteiger partial charge in [-0.15, -0.1) is 11.3 Å². The summed E-state index contributed by atoms with van der Waals surface area (Å²) in [6.45, 7) is 1.08. The van der Waals surface area contributed by atoms with Crippen LogP contribution in [0.25, 0.3) is 22.3 Å². The fourth-order valence-electron chi connectivity index (χ4n) is 3.74. The zero-order valence-electron chi connectivity index (χ0n) is 19.3. The van der Waals surface area contributed by atoms with E-state index in [1.807, 2.05) is 16.1 Å². The van der Waals surface area contributed by atoms with Crippen molar-refractivity contribution in [1.29, 1.82) is 0 Å². The van der Waals surface area contributed by atoms with Crippen molar-refractivity contribution < 1.29 is 32.0 Å². The molecule has 1 aliphatic rings. The molecule has 0 spiro atoms. The van der Waals surface area contributed by atoms with Crippen molar-refractivity contribution in [3.63, 3.8) is 0 Å². The Bertz CT molecular complexity index is 1270. The molecule has 190 valence electrons. The highest BCUT2D eigenvalue weighted by Crippen LogP contribution is 2.34. The number of aromatic hydroxyl groups is 1. The number of carbonyl (C=O) groups excluding carboxylic acids is 1. The number of alkyl carbamates (subject to hydrolysis) is 1. The van der Waals surface area contributed by atoms with Gasteiger partial charge in [-0.2, -0.15) is 13.5 Å². The quantitative estimate of drug-likeness (QED) is 0.302. The number of ether oxygens (including phenoxy) is 2. The first kappa shape index (κ1) is 25.4. The number of nitrogens with one attached hydrogen (secondary N) is 1. The smallest absolute Gasteiger partial charge is 0.407 e. The number of phenols is 1. The van der Waals surface area contributed by atoms with Crippen LogP contribution in [0.15, 0.2) is 23.6 Å². The number of nitrogens with zero attached hydrogens (tertiary/aromatic N) is 3. The lowest BCUT2D eigenvalue weighted by molar-refractivity contribution is -0.0365. The molecule has 1 saturated heterocycles. The van der Waals surface area contributed by atoms with Gasteiger partial charge in [-0.1, -0.05) is 0 Å². The summed E-state index contributed by atoms with van der Waals surface area (Å²) >= 11 is 1.44. The Labute approximate surface area is 207 Å². The Morgan fingerprint density at radius 2 is 2.20 bits per heavy atom. The molecular formula is C22H28N4O7S2. The first-order valence-corrected chi connectivity index (χ1v) is 14.0. The molecule has 3 aromatic rings. The predicted molar refractivity (Wildman–Crippen MR) is 130 cm³/mol. The van der Waals surface area contributed by atoms with Crippen LogP contribution in [0.4, 0.5) is 4.79 Å². The largest absolute Gasteiger partial charge is 0.508 e. The van der Waals surface area contributed by atoms with Gasteiger partial charge in [0, 0.05) is 30.3 Å². The molecule has 2 N–H and O–H groups in total. The Balaban J connectivity index is 1.34. The summed E-state index contributed by atoms with van der Waals surface area (Å²) in [7, 11) is -3.48. The second kappa shape index (κ2) is 11.3. The van der Waals surface area contributed by atoms with Gasteiger partial charge >= 0.3 is 6.09 Å². The molecule has 13 heteroatoms. The predicted octanol–water partition coefficient (Wildman–Crippen LogP) is 3.20. The van der Waals surface area contributed by atoms with Crippen molar-refractivity contribution in [2.75, 3.05) is 32.6 Å².